The van der Waals surface area contributed by atoms with E-state index in [4.69, 9.17) is 4.74 Å². The van der Waals surface area contributed by atoms with E-state index in [-0.39, 0.29) is 23.4 Å². The molecule has 1 amide bonds. The number of halogens is 2. The summed E-state index contributed by atoms with van der Waals surface area (Å²) >= 11 is 0. The molecule has 1 aliphatic rings. The van der Waals surface area contributed by atoms with Gasteiger partial charge in [0, 0.05) is 12.6 Å². The molecular formula is C19H19F2NO3. The summed E-state index contributed by atoms with van der Waals surface area (Å²) in [4.78, 5) is 14.5. The minimum Gasteiger partial charge on any atom is -0.493 e. The number of aryl methyl sites for hydroxylation is 1. The molecule has 6 heteroatoms. The summed E-state index contributed by atoms with van der Waals surface area (Å²) in [6.45, 7) is -2.95. The van der Waals surface area contributed by atoms with Crippen molar-refractivity contribution in [2.45, 2.75) is 25.5 Å². The lowest BCUT2D eigenvalue weighted by atomic mass is 10.1. The molecule has 2 aromatic carbocycles. The fourth-order valence-electron chi connectivity index (χ4n) is 3.28. The standard InChI is InChI=1S/C19H19F2NO3/c1-22(15-9-7-12-5-3-4-6-14(12)15)18(23)13-8-10-16(25-19(20)21)17(11-13)24-2/h3-6,8,10-11,15,19H,7,9H2,1-2H3/t15-/m0/s1. The Balaban J connectivity index is 1.83. The van der Waals surface area contributed by atoms with Crippen LogP contribution in [-0.2, 0) is 6.42 Å². The average molecular weight is 347 g/mol. The molecule has 0 fully saturated rings. The molecule has 0 saturated heterocycles. The van der Waals surface area contributed by atoms with Gasteiger partial charge >= 0.3 is 6.61 Å². The summed E-state index contributed by atoms with van der Waals surface area (Å²) in [6.07, 6.45) is 1.80. The molecule has 25 heavy (non-hydrogen) atoms. The summed E-state index contributed by atoms with van der Waals surface area (Å²) in [6, 6.07) is 12.3. The van der Waals surface area contributed by atoms with Crippen molar-refractivity contribution in [3.05, 3.63) is 59.2 Å². The Kier molecular flexibility index (Phi) is 4.88. The Hall–Kier alpha value is -2.63. The van der Waals surface area contributed by atoms with E-state index in [1.54, 1.807) is 11.9 Å². The van der Waals surface area contributed by atoms with Gasteiger partial charge in [-0.2, -0.15) is 8.78 Å². The fraction of sp³-hybridized carbons (Fsp3) is 0.316. The van der Waals surface area contributed by atoms with E-state index in [0.717, 1.165) is 18.4 Å². The second-order valence-corrected chi connectivity index (χ2v) is 5.91. The second-order valence-electron chi connectivity index (χ2n) is 5.91. The van der Waals surface area contributed by atoms with Crippen LogP contribution >= 0.6 is 0 Å². The van der Waals surface area contributed by atoms with Gasteiger partial charge in [-0.15, -0.1) is 0 Å². The van der Waals surface area contributed by atoms with E-state index >= 15 is 0 Å². The molecule has 0 spiro atoms. The predicted octanol–water partition coefficient (Wildman–Crippen LogP) is 4.06. The van der Waals surface area contributed by atoms with Gasteiger partial charge in [0.05, 0.1) is 13.2 Å². The van der Waals surface area contributed by atoms with Gasteiger partial charge < -0.3 is 14.4 Å². The zero-order chi connectivity index (χ0) is 18.0. The van der Waals surface area contributed by atoms with Crippen molar-refractivity contribution in [2.24, 2.45) is 0 Å². The lowest BCUT2D eigenvalue weighted by molar-refractivity contribution is -0.0512. The second kappa shape index (κ2) is 7.09. The maximum atomic E-state index is 12.8. The highest BCUT2D eigenvalue weighted by Crippen LogP contribution is 2.36. The van der Waals surface area contributed by atoms with Crippen LogP contribution in [0.3, 0.4) is 0 Å². The van der Waals surface area contributed by atoms with Crippen molar-refractivity contribution in [1.82, 2.24) is 4.90 Å². The van der Waals surface area contributed by atoms with Crippen molar-refractivity contribution in [1.29, 1.82) is 0 Å². The van der Waals surface area contributed by atoms with Crippen LogP contribution in [0.15, 0.2) is 42.5 Å². The van der Waals surface area contributed by atoms with E-state index in [1.807, 2.05) is 18.2 Å². The third-order valence-electron chi connectivity index (χ3n) is 4.52. The number of methoxy groups -OCH3 is 1. The topological polar surface area (TPSA) is 38.8 Å². The summed E-state index contributed by atoms with van der Waals surface area (Å²) < 4.78 is 34.3. The molecule has 1 aliphatic carbocycles. The zero-order valence-electron chi connectivity index (χ0n) is 14.0. The molecule has 0 aliphatic heterocycles. The highest BCUT2D eigenvalue weighted by Gasteiger charge is 2.29. The van der Waals surface area contributed by atoms with E-state index in [9.17, 15) is 13.6 Å². The summed E-state index contributed by atoms with van der Waals surface area (Å²) in [5.74, 6) is -0.183. The Morgan fingerprint density at radius 3 is 2.68 bits per heavy atom. The number of alkyl halides is 2. The summed E-state index contributed by atoms with van der Waals surface area (Å²) in [5, 5.41) is 0. The number of rotatable bonds is 5. The van der Waals surface area contributed by atoms with Crippen LogP contribution in [0, 0.1) is 0 Å². The van der Waals surface area contributed by atoms with E-state index in [2.05, 4.69) is 10.8 Å². The van der Waals surface area contributed by atoms with Crippen molar-refractivity contribution >= 4 is 5.91 Å². The van der Waals surface area contributed by atoms with Gasteiger partial charge in [-0.3, -0.25) is 4.79 Å². The molecule has 0 unspecified atom stereocenters. The number of carbonyl (C=O) groups excluding carboxylic acids is 1. The Labute approximate surface area is 145 Å². The van der Waals surface area contributed by atoms with Gasteiger partial charge in [-0.1, -0.05) is 24.3 Å². The number of ether oxygens (including phenoxy) is 2. The van der Waals surface area contributed by atoms with Crippen molar-refractivity contribution in [3.63, 3.8) is 0 Å². The average Bonchev–Trinajstić information content (AvgIpc) is 3.04. The van der Waals surface area contributed by atoms with Crippen LogP contribution in [0.1, 0.15) is 33.9 Å². The van der Waals surface area contributed by atoms with E-state index < -0.39 is 6.61 Å². The van der Waals surface area contributed by atoms with Crippen LogP contribution in [-0.4, -0.2) is 31.6 Å². The van der Waals surface area contributed by atoms with Crippen LogP contribution in [0.2, 0.25) is 0 Å². The van der Waals surface area contributed by atoms with Crippen molar-refractivity contribution in [3.8, 4) is 11.5 Å². The zero-order valence-corrected chi connectivity index (χ0v) is 14.0. The molecule has 0 aromatic heterocycles. The SMILES string of the molecule is COc1cc(C(=O)N(C)[C@H]2CCc3ccccc32)ccc1OC(F)F. The molecule has 3 rings (SSSR count). The Bertz CT molecular complexity index is 779. The van der Waals surface area contributed by atoms with Crippen LogP contribution in [0.4, 0.5) is 8.78 Å². The Morgan fingerprint density at radius 1 is 1.20 bits per heavy atom. The maximum absolute atomic E-state index is 12.8. The number of amides is 1. The van der Waals surface area contributed by atoms with E-state index in [1.165, 1.54) is 30.9 Å². The molecule has 0 heterocycles. The normalized spacial score (nSPS) is 15.8. The molecule has 4 nitrogen and oxygen atoms in total. The monoisotopic (exact) mass is 347 g/mol. The first kappa shape index (κ1) is 17.2. The first-order valence-corrected chi connectivity index (χ1v) is 7.99. The quantitative estimate of drug-likeness (QED) is 0.819. The molecule has 0 radical (unpaired) electrons. The third-order valence-corrected chi connectivity index (χ3v) is 4.52. The number of hydrogen-bond acceptors (Lipinski definition) is 3. The van der Waals surface area contributed by atoms with Crippen molar-refractivity contribution < 1.29 is 23.0 Å². The lowest BCUT2D eigenvalue weighted by Crippen LogP contribution is -2.30. The number of fused-ring (bicyclic) bond motifs is 1. The molecule has 132 valence electrons. The lowest BCUT2D eigenvalue weighted by Gasteiger charge is -2.26. The molecule has 0 bridgehead atoms. The Morgan fingerprint density at radius 2 is 1.96 bits per heavy atom. The van der Waals surface area contributed by atoms with E-state index in [0.29, 0.717) is 5.56 Å². The van der Waals surface area contributed by atoms with Crippen LogP contribution < -0.4 is 9.47 Å². The minimum atomic E-state index is -2.95. The molecule has 2 aromatic rings. The van der Waals surface area contributed by atoms with Crippen LogP contribution in [0.5, 0.6) is 11.5 Å². The van der Waals surface area contributed by atoms with Gasteiger partial charge in [-0.25, -0.2) is 0 Å². The third kappa shape index (κ3) is 3.43. The minimum absolute atomic E-state index is 0.00619. The first-order chi connectivity index (χ1) is 12.0. The van der Waals surface area contributed by atoms with Gasteiger partial charge in [0.15, 0.2) is 11.5 Å². The van der Waals surface area contributed by atoms with Crippen LogP contribution in [0.25, 0.3) is 0 Å². The first-order valence-electron chi connectivity index (χ1n) is 7.99. The largest absolute Gasteiger partial charge is 0.493 e. The maximum Gasteiger partial charge on any atom is 0.387 e. The predicted molar refractivity (Wildman–Crippen MR) is 89.2 cm³/mol. The molecule has 0 N–H and O–H groups in total. The van der Waals surface area contributed by atoms with Gasteiger partial charge in [0.2, 0.25) is 0 Å². The number of benzene rings is 2. The van der Waals surface area contributed by atoms with Gasteiger partial charge in [0.25, 0.3) is 5.91 Å². The number of hydrogen-bond donors (Lipinski definition) is 0. The van der Waals surface area contributed by atoms with Gasteiger partial charge in [-0.05, 0) is 42.2 Å². The highest BCUT2D eigenvalue weighted by atomic mass is 19.3. The summed E-state index contributed by atoms with van der Waals surface area (Å²) in [5.41, 5.74) is 2.78. The fourth-order valence-corrected chi connectivity index (χ4v) is 3.28. The molecule has 0 saturated carbocycles. The van der Waals surface area contributed by atoms with Crippen molar-refractivity contribution in [2.75, 3.05) is 14.2 Å². The molecular weight excluding hydrogens is 328 g/mol. The summed E-state index contributed by atoms with van der Waals surface area (Å²) in [7, 11) is 3.10. The van der Waals surface area contributed by atoms with Gasteiger partial charge in [0.1, 0.15) is 0 Å². The smallest absolute Gasteiger partial charge is 0.387 e. The number of carbonyl (C=O) groups is 1. The molecule has 1 atom stereocenters. The number of nitrogens with zero attached hydrogens (tertiary/aromatic N) is 1. The highest BCUT2D eigenvalue weighted by molar-refractivity contribution is 5.95.